The SMILES string of the molecule is CC[C@H]1CC[C@H]2[C@@H]3CC=C4CCCC(OC(=O)OC)[C@]4(C)[C@H]3CC[C@]12C. The number of hydrogen-bond acceptors (Lipinski definition) is 3. The molecule has 7 atom stereocenters. The van der Waals surface area contributed by atoms with E-state index in [4.69, 9.17) is 9.47 Å². The Morgan fingerprint density at radius 1 is 1.19 bits per heavy atom. The van der Waals surface area contributed by atoms with Crippen molar-refractivity contribution in [2.45, 2.75) is 84.7 Å². The van der Waals surface area contributed by atoms with Crippen molar-refractivity contribution in [3.05, 3.63) is 11.6 Å². The van der Waals surface area contributed by atoms with Gasteiger partial charge in [0.05, 0.1) is 7.11 Å². The van der Waals surface area contributed by atoms with Crippen LogP contribution < -0.4 is 0 Å². The summed E-state index contributed by atoms with van der Waals surface area (Å²) in [6.45, 7) is 7.36. The van der Waals surface area contributed by atoms with Gasteiger partial charge in [0.1, 0.15) is 6.10 Å². The summed E-state index contributed by atoms with van der Waals surface area (Å²) in [5.41, 5.74) is 2.11. The number of carbonyl (C=O) groups excluding carboxylic acids is 1. The van der Waals surface area contributed by atoms with Gasteiger partial charge in [-0.15, -0.1) is 0 Å². The van der Waals surface area contributed by atoms with E-state index in [0.29, 0.717) is 11.3 Å². The van der Waals surface area contributed by atoms with Gasteiger partial charge in [0, 0.05) is 5.41 Å². The lowest BCUT2D eigenvalue weighted by Crippen LogP contribution is -2.54. The third kappa shape index (κ3) is 2.48. The first-order valence-electron chi connectivity index (χ1n) is 10.9. The van der Waals surface area contributed by atoms with Gasteiger partial charge in [0.25, 0.3) is 0 Å². The summed E-state index contributed by atoms with van der Waals surface area (Å²) in [4.78, 5) is 11.9. The minimum absolute atomic E-state index is 0.0149. The van der Waals surface area contributed by atoms with Gasteiger partial charge in [-0.25, -0.2) is 4.79 Å². The summed E-state index contributed by atoms with van der Waals surface area (Å²) >= 11 is 0. The molecule has 4 rings (SSSR count). The summed E-state index contributed by atoms with van der Waals surface area (Å²) in [6.07, 6.45) is 13.3. The molecule has 4 aliphatic carbocycles. The molecule has 0 saturated heterocycles. The monoisotopic (exact) mass is 360 g/mol. The zero-order valence-electron chi connectivity index (χ0n) is 17.1. The lowest BCUT2D eigenvalue weighted by atomic mass is 9.47. The maximum Gasteiger partial charge on any atom is 0.508 e. The molecule has 0 heterocycles. The molecule has 0 spiro atoms. The van der Waals surface area contributed by atoms with Gasteiger partial charge in [0.15, 0.2) is 0 Å². The minimum atomic E-state index is -0.507. The molecule has 3 fully saturated rings. The van der Waals surface area contributed by atoms with Crippen LogP contribution in [0.4, 0.5) is 4.79 Å². The summed E-state index contributed by atoms with van der Waals surface area (Å²) in [7, 11) is 1.42. The summed E-state index contributed by atoms with van der Waals surface area (Å²) < 4.78 is 10.7. The lowest BCUT2D eigenvalue weighted by Gasteiger charge is -2.59. The molecule has 0 aliphatic heterocycles. The van der Waals surface area contributed by atoms with E-state index in [1.165, 1.54) is 52.1 Å². The van der Waals surface area contributed by atoms with Crippen molar-refractivity contribution in [1.82, 2.24) is 0 Å². The molecule has 0 aromatic carbocycles. The van der Waals surface area contributed by atoms with E-state index in [0.717, 1.165) is 30.6 Å². The largest absolute Gasteiger partial charge is 0.508 e. The molecule has 3 saturated carbocycles. The number of rotatable bonds is 2. The third-order valence-electron chi connectivity index (χ3n) is 9.21. The zero-order valence-corrected chi connectivity index (χ0v) is 17.1. The van der Waals surface area contributed by atoms with Crippen molar-refractivity contribution in [3.63, 3.8) is 0 Å². The van der Waals surface area contributed by atoms with Crippen molar-refractivity contribution in [1.29, 1.82) is 0 Å². The number of fused-ring (bicyclic) bond motifs is 5. The Kier molecular flexibility index (Phi) is 4.64. The average Bonchev–Trinajstić information content (AvgIpc) is 2.98. The maximum atomic E-state index is 11.9. The van der Waals surface area contributed by atoms with Gasteiger partial charge in [-0.1, -0.05) is 38.8 Å². The molecule has 146 valence electrons. The zero-order chi connectivity index (χ0) is 18.5. The average molecular weight is 361 g/mol. The minimum Gasteiger partial charge on any atom is -0.438 e. The van der Waals surface area contributed by atoms with Crippen LogP contribution in [0.2, 0.25) is 0 Å². The predicted octanol–water partition coefficient (Wildman–Crippen LogP) is 6.13. The Balaban J connectivity index is 1.66. The van der Waals surface area contributed by atoms with Gasteiger partial charge in [0.2, 0.25) is 0 Å². The third-order valence-corrected chi connectivity index (χ3v) is 9.21. The highest BCUT2D eigenvalue weighted by molar-refractivity contribution is 5.60. The Hall–Kier alpha value is -0.990. The fraction of sp³-hybridized carbons (Fsp3) is 0.870. The highest BCUT2D eigenvalue weighted by atomic mass is 16.7. The van der Waals surface area contributed by atoms with Crippen molar-refractivity contribution in [2.75, 3.05) is 7.11 Å². The predicted molar refractivity (Wildman–Crippen MR) is 103 cm³/mol. The molecule has 0 bridgehead atoms. The Morgan fingerprint density at radius 2 is 2.00 bits per heavy atom. The van der Waals surface area contributed by atoms with Crippen LogP contribution in [0.15, 0.2) is 11.6 Å². The number of ether oxygens (including phenoxy) is 2. The Morgan fingerprint density at radius 3 is 2.73 bits per heavy atom. The van der Waals surface area contributed by atoms with E-state index in [1.54, 1.807) is 5.57 Å². The smallest absolute Gasteiger partial charge is 0.438 e. The van der Waals surface area contributed by atoms with E-state index in [1.807, 2.05) is 0 Å². The number of hydrogen-bond donors (Lipinski definition) is 0. The molecule has 3 heteroatoms. The first-order valence-corrected chi connectivity index (χ1v) is 10.9. The topological polar surface area (TPSA) is 35.5 Å². The van der Waals surface area contributed by atoms with Gasteiger partial charge >= 0.3 is 6.16 Å². The fourth-order valence-electron chi connectivity index (χ4n) is 7.82. The van der Waals surface area contributed by atoms with Crippen molar-refractivity contribution < 1.29 is 14.3 Å². The van der Waals surface area contributed by atoms with Gasteiger partial charge < -0.3 is 9.47 Å². The van der Waals surface area contributed by atoms with E-state index in [9.17, 15) is 4.79 Å². The fourth-order valence-corrected chi connectivity index (χ4v) is 7.82. The molecular formula is C23H36O3. The van der Waals surface area contributed by atoms with Crippen molar-refractivity contribution >= 4 is 6.16 Å². The molecular weight excluding hydrogens is 324 g/mol. The second-order valence-electron chi connectivity index (χ2n) is 9.80. The molecule has 0 aromatic rings. The molecule has 0 radical (unpaired) electrons. The van der Waals surface area contributed by atoms with Crippen LogP contribution in [0.3, 0.4) is 0 Å². The molecule has 1 unspecified atom stereocenters. The van der Waals surface area contributed by atoms with Gasteiger partial charge in [-0.3, -0.25) is 0 Å². The van der Waals surface area contributed by atoms with Crippen LogP contribution in [-0.2, 0) is 9.47 Å². The summed E-state index contributed by atoms with van der Waals surface area (Å²) in [5, 5.41) is 0. The van der Waals surface area contributed by atoms with E-state index in [-0.39, 0.29) is 11.5 Å². The second-order valence-corrected chi connectivity index (χ2v) is 9.80. The Bertz CT molecular complexity index is 596. The first-order chi connectivity index (χ1) is 12.4. The maximum absolute atomic E-state index is 11.9. The quantitative estimate of drug-likeness (QED) is 0.439. The van der Waals surface area contributed by atoms with E-state index < -0.39 is 6.16 Å². The van der Waals surface area contributed by atoms with Gasteiger partial charge in [-0.05, 0) is 80.5 Å². The lowest BCUT2D eigenvalue weighted by molar-refractivity contribution is -0.101. The Labute approximate surface area is 158 Å². The number of methoxy groups -OCH3 is 1. The van der Waals surface area contributed by atoms with Crippen LogP contribution in [0.25, 0.3) is 0 Å². The van der Waals surface area contributed by atoms with Crippen LogP contribution in [0, 0.1) is 34.5 Å². The molecule has 4 aliphatic rings. The number of carbonyl (C=O) groups is 1. The second kappa shape index (κ2) is 6.56. The summed E-state index contributed by atoms with van der Waals surface area (Å²) in [6, 6.07) is 0. The van der Waals surface area contributed by atoms with Crippen molar-refractivity contribution in [2.24, 2.45) is 34.5 Å². The standard InChI is InChI=1S/C23H36O3/c1-5-15-10-12-18-17-11-9-16-7-6-8-20(26-21(24)25-4)23(16,3)19(17)13-14-22(15,18)2/h9,15,17-20H,5-8,10-14H2,1-4H3/t15-,17-,18-,19-,20?,22+,23-/m0/s1. The summed E-state index contributed by atoms with van der Waals surface area (Å²) in [5.74, 6) is 3.17. The normalized spacial score (nSPS) is 47.2. The molecule has 26 heavy (non-hydrogen) atoms. The van der Waals surface area contributed by atoms with E-state index >= 15 is 0 Å². The van der Waals surface area contributed by atoms with Crippen molar-refractivity contribution in [3.8, 4) is 0 Å². The van der Waals surface area contributed by atoms with Crippen LogP contribution in [0.1, 0.15) is 78.6 Å². The number of allylic oxidation sites excluding steroid dienone is 1. The molecule has 0 aromatic heterocycles. The highest BCUT2D eigenvalue weighted by Crippen LogP contribution is 2.66. The molecule has 0 amide bonds. The highest BCUT2D eigenvalue weighted by Gasteiger charge is 2.60. The van der Waals surface area contributed by atoms with Gasteiger partial charge in [-0.2, -0.15) is 0 Å². The van der Waals surface area contributed by atoms with E-state index in [2.05, 4.69) is 26.8 Å². The molecule has 0 N–H and O–H groups in total. The van der Waals surface area contributed by atoms with Crippen LogP contribution in [-0.4, -0.2) is 19.4 Å². The van der Waals surface area contributed by atoms with Crippen LogP contribution >= 0.6 is 0 Å². The first kappa shape index (κ1) is 18.4. The van der Waals surface area contributed by atoms with Crippen LogP contribution in [0.5, 0.6) is 0 Å². The molecule has 3 nitrogen and oxygen atoms in total.